The van der Waals surface area contributed by atoms with Crippen LogP contribution >= 0.6 is 0 Å². The smallest absolute Gasteiger partial charge is 0.119 e. The van der Waals surface area contributed by atoms with Crippen molar-refractivity contribution < 1.29 is 0 Å². The molecule has 1 aliphatic heterocycles. The van der Waals surface area contributed by atoms with E-state index < -0.39 is 8.80 Å². The fourth-order valence-corrected chi connectivity index (χ4v) is 8.23. The van der Waals surface area contributed by atoms with Gasteiger partial charge in [0.25, 0.3) is 0 Å². The molecule has 38 heavy (non-hydrogen) atoms. The number of fused-ring (bicyclic) bond motifs is 8. The highest BCUT2D eigenvalue weighted by Crippen LogP contribution is 2.34. The Hall–Kier alpha value is -4.60. The molecule has 0 aliphatic carbocycles. The topological polar surface area (TPSA) is 25.8 Å². The lowest BCUT2D eigenvalue weighted by Crippen LogP contribution is -2.34. The molecule has 5 aromatic carbocycles. The Morgan fingerprint density at radius 3 is 2.18 bits per heavy atom. The number of pyridine rings is 2. The lowest BCUT2D eigenvalue weighted by Gasteiger charge is -2.11. The van der Waals surface area contributed by atoms with Crippen LogP contribution in [0.25, 0.3) is 66.1 Å². The fourth-order valence-electron chi connectivity index (χ4n) is 6.00. The van der Waals surface area contributed by atoms with Gasteiger partial charge in [0.2, 0.25) is 0 Å². The van der Waals surface area contributed by atoms with Gasteiger partial charge in [0.05, 0.1) is 16.7 Å². The predicted octanol–water partition coefficient (Wildman–Crippen LogP) is 7.49. The van der Waals surface area contributed by atoms with Gasteiger partial charge in [0, 0.05) is 22.5 Å². The standard InChI is InChI=1S/C35H23N2Si/c1-38-31-7-3-2-6-29(31)33-28-17-14-26(21-27(28)16-19-32(33)38)22-8-10-23(11-9-22)30-18-15-25-13-12-24-5-4-20-36-34(24)35(25)37-30/h2-21H,1H3. The van der Waals surface area contributed by atoms with E-state index in [4.69, 9.17) is 4.98 Å². The summed E-state index contributed by atoms with van der Waals surface area (Å²) >= 11 is 0. The Morgan fingerprint density at radius 2 is 1.29 bits per heavy atom. The Balaban J connectivity index is 1.18. The zero-order chi connectivity index (χ0) is 25.2. The third kappa shape index (κ3) is 3.19. The molecule has 3 heterocycles. The van der Waals surface area contributed by atoms with Gasteiger partial charge in [-0.2, -0.15) is 0 Å². The van der Waals surface area contributed by atoms with Crippen LogP contribution in [0.15, 0.2) is 121 Å². The summed E-state index contributed by atoms with van der Waals surface area (Å²) in [6, 6.07) is 41.8. The van der Waals surface area contributed by atoms with E-state index in [2.05, 4.69) is 121 Å². The van der Waals surface area contributed by atoms with Gasteiger partial charge in [0.15, 0.2) is 0 Å². The summed E-state index contributed by atoms with van der Waals surface area (Å²) in [4.78, 5) is 9.61. The van der Waals surface area contributed by atoms with Crippen LogP contribution in [-0.2, 0) is 0 Å². The minimum absolute atomic E-state index is 0.689. The normalized spacial score (nSPS) is 12.8. The van der Waals surface area contributed by atoms with Crippen molar-refractivity contribution in [3.05, 3.63) is 121 Å². The number of hydrogen-bond acceptors (Lipinski definition) is 2. The second-order valence-electron chi connectivity index (χ2n) is 10.1. The molecule has 0 fully saturated rings. The van der Waals surface area contributed by atoms with E-state index in [0.29, 0.717) is 0 Å². The van der Waals surface area contributed by atoms with Crippen molar-refractivity contribution in [3.8, 4) is 33.5 Å². The van der Waals surface area contributed by atoms with Crippen LogP contribution in [0.3, 0.4) is 0 Å². The highest BCUT2D eigenvalue weighted by molar-refractivity contribution is 6.89. The van der Waals surface area contributed by atoms with Crippen molar-refractivity contribution in [2.75, 3.05) is 0 Å². The van der Waals surface area contributed by atoms with E-state index in [1.807, 2.05) is 12.3 Å². The highest BCUT2D eigenvalue weighted by Gasteiger charge is 2.27. The molecule has 8 rings (SSSR count). The summed E-state index contributed by atoms with van der Waals surface area (Å²) in [5, 5.41) is 7.95. The molecule has 0 spiro atoms. The van der Waals surface area contributed by atoms with Crippen LogP contribution in [0.4, 0.5) is 0 Å². The van der Waals surface area contributed by atoms with E-state index in [9.17, 15) is 0 Å². The van der Waals surface area contributed by atoms with E-state index in [1.54, 1.807) is 0 Å². The van der Waals surface area contributed by atoms with E-state index in [0.717, 1.165) is 33.1 Å². The van der Waals surface area contributed by atoms with E-state index in [1.165, 1.54) is 43.4 Å². The third-order valence-electron chi connectivity index (χ3n) is 7.97. The Labute approximate surface area is 222 Å². The van der Waals surface area contributed by atoms with Gasteiger partial charge in [-0.15, -0.1) is 0 Å². The first kappa shape index (κ1) is 21.5. The maximum Gasteiger partial charge on any atom is 0.119 e. The number of rotatable bonds is 2. The predicted molar refractivity (Wildman–Crippen MR) is 162 cm³/mol. The van der Waals surface area contributed by atoms with Crippen molar-refractivity contribution >= 4 is 51.7 Å². The molecule has 7 aromatic rings. The van der Waals surface area contributed by atoms with Gasteiger partial charge in [-0.3, -0.25) is 4.98 Å². The van der Waals surface area contributed by atoms with Crippen LogP contribution < -0.4 is 10.4 Å². The SMILES string of the molecule is C[Si]1c2ccccc2-c2c1ccc1cc(-c3ccc(-c4ccc5ccc6cccnc6c5n4)cc3)ccc21. The molecule has 0 atom stereocenters. The highest BCUT2D eigenvalue weighted by atomic mass is 28.3. The van der Waals surface area contributed by atoms with Crippen molar-refractivity contribution in [2.24, 2.45) is 0 Å². The number of nitrogens with zero attached hydrogens (tertiary/aromatic N) is 2. The van der Waals surface area contributed by atoms with Crippen molar-refractivity contribution in [1.82, 2.24) is 9.97 Å². The fraction of sp³-hybridized carbons (Fsp3) is 0.0286. The molecular formula is C35H23N2Si. The monoisotopic (exact) mass is 499 g/mol. The Bertz CT molecular complexity index is 2040. The molecular weight excluding hydrogens is 476 g/mol. The molecule has 0 bridgehead atoms. The molecule has 1 aliphatic rings. The van der Waals surface area contributed by atoms with Gasteiger partial charge in [-0.05, 0) is 61.6 Å². The number of hydrogen-bond donors (Lipinski definition) is 0. The van der Waals surface area contributed by atoms with E-state index >= 15 is 0 Å². The van der Waals surface area contributed by atoms with Gasteiger partial charge < -0.3 is 0 Å². The molecule has 1 radical (unpaired) electrons. The van der Waals surface area contributed by atoms with Gasteiger partial charge in [-0.25, -0.2) is 4.98 Å². The average Bonchev–Trinajstić information content (AvgIpc) is 3.28. The molecule has 3 heteroatoms. The van der Waals surface area contributed by atoms with Crippen LogP contribution in [-0.4, -0.2) is 18.8 Å². The molecule has 2 aromatic heterocycles. The maximum atomic E-state index is 5.01. The molecule has 0 unspecified atom stereocenters. The summed E-state index contributed by atoms with van der Waals surface area (Å²) in [7, 11) is -0.689. The van der Waals surface area contributed by atoms with Crippen LogP contribution in [0, 0.1) is 0 Å². The Morgan fingerprint density at radius 1 is 0.553 bits per heavy atom. The summed E-state index contributed by atoms with van der Waals surface area (Å²) in [6.45, 7) is 2.42. The second-order valence-corrected chi connectivity index (χ2v) is 12.4. The van der Waals surface area contributed by atoms with Crippen molar-refractivity contribution in [3.63, 3.8) is 0 Å². The van der Waals surface area contributed by atoms with Crippen LogP contribution in [0.2, 0.25) is 6.55 Å². The third-order valence-corrected chi connectivity index (χ3v) is 10.4. The minimum Gasteiger partial charge on any atom is -0.254 e. The zero-order valence-electron chi connectivity index (χ0n) is 20.9. The molecule has 0 amide bonds. The van der Waals surface area contributed by atoms with Crippen molar-refractivity contribution in [1.29, 1.82) is 0 Å². The molecule has 0 N–H and O–H groups in total. The summed E-state index contributed by atoms with van der Waals surface area (Å²) < 4.78 is 0. The Kier molecular flexibility index (Phi) is 4.64. The first-order valence-electron chi connectivity index (χ1n) is 13.0. The maximum absolute atomic E-state index is 5.01. The molecule has 0 saturated heterocycles. The molecule has 177 valence electrons. The first-order chi connectivity index (χ1) is 18.7. The number of benzene rings is 5. The zero-order valence-corrected chi connectivity index (χ0v) is 21.9. The summed E-state index contributed by atoms with van der Waals surface area (Å²) in [5.74, 6) is 0. The van der Waals surface area contributed by atoms with E-state index in [-0.39, 0.29) is 0 Å². The lowest BCUT2D eigenvalue weighted by atomic mass is 9.95. The summed E-state index contributed by atoms with van der Waals surface area (Å²) in [6.07, 6.45) is 1.84. The average molecular weight is 500 g/mol. The lowest BCUT2D eigenvalue weighted by molar-refractivity contribution is 1.37. The number of aromatic nitrogens is 2. The minimum atomic E-state index is -0.689. The van der Waals surface area contributed by atoms with Gasteiger partial charge in [-0.1, -0.05) is 104 Å². The quantitative estimate of drug-likeness (QED) is 0.182. The largest absolute Gasteiger partial charge is 0.254 e. The molecule has 0 saturated carbocycles. The van der Waals surface area contributed by atoms with Gasteiger partial charge >= 0.3 is 0 Å². The van der Waals surface area contributed by atoms with Crippen LogP contribution in [0.5, 0.6) is 0 Å². The van der Waals surface area contributed by atoms with Gasteiger partial charge in [0.1, 0.15) is 8.80 Å². The van der Waals surface area contributed by atoms with Crippen LogP contribution in [0.1, 0.15) is 0 Å². The van der Waals surface area contributed by atoms with Crippen molar-refractivity contribution in [2.45, 2.75) is 6.55 Å². The first-order valence-corrected chi connectivity index (χ1v) is 15.0. The summed E-state index contributed by atoms with van der Waals surface area (Å²) in [5.41, 5.74) is 9.29. The second kappa shape index (κ2) is 8.20. The molecule has 2 nitrogen and oxygen atoms in total.